The summed E-state index contributed by atoms with van der Waals surface area (Å²) in [4.78, 5) is 26.5. The predicted octanol–water partition coefficient (Wildman–Crippen LogP) is 0.457. The van der Waals surface area contributed by atoms with E-state index >= 15 is 0 Å². The van der Waals surface area contributed by atoms with Gasteiger partial charge >= 0.3 is 13.4 Å². The first-order chi connectivity index (χ1) is 13.1. The fourth-order valence-electron chi connectivity index (χ4n) is 2.45. The van der Waals surface area contributed by atoms with Crippen LogP contribution in [-0.2, 0) is 23.1 Å². The quantitative estimate of drug-likeness (QED) is 0.411. The maximum Gasteiger partial charge on any atom is 0.407 e. The van der Waals surface area contributed by atoms with Crippen molar-refractivity contribution in [2.75, 3.05) is 38.8 Å². The lowest BCUT2D eigenvalue weighted by Crippen LogP contribution is -2.29. The third kappa shape index (κ3) is 6.11. The molecule has 28 heavy (non-hydrogen) atoms. The molecule has 158 valence electrons. The number of thioether (sulfide) groups is 1. The highest BCUT2D eigenvalue weighted by Crippen LogP contribution is 2.50. The maximum atomic E-state index is 12.8. The van der Waals surface area contributed by atoms with Crippen LogP contribution in [0.25, 0.3) is 0 Å². The molecular weight excluding hydrogens is 411 g/mol. The molecule has 0 radical (unpaired) electrons. The normalized spacial score (nSPS) is 24.4. The van der Waals surface area contributed by atoms with Crippen molar-refractivity contribution in [1.82, 2.24) is 14.2 Å². The first kappa shape index (κ1) is 23.0. The molecule has 0 aliphatic carbocycles. The van der Waals surface area contributed by atoms with Crippen molar-refractivity contribution in [2.24, 2.45) is 0 Å². The summed E-state index contributed by atoms with van der Waals surface area (Å²) in [5.74, 6) is 0.431. The summed E-state index contributed by atoms with van der Waals surface area (Å²) in [6.45, 7) is 1.29. The van der Waals surface area contributed by atoms with E-state index in [0.29, 0.717) is 5.75 Å². The molecule has 3 N–H and O–H groups in total. The summed E-state index contributed by atoms with van der Waals surface area (Å²) >= 11 is 1.06. The highest BCUT2D eigenvalue weighted by molar-refractivity contribution is 8.13. The SMILES string of the molecule is CC(=O)SCCOP(=O)(OC[C@H]1O[C@@H](n2ccc(N)nc2=O)CC1O)N(C)C. The Morgan fingerprint density at radius 3 is 2.86 bits per heavy atom. The fraction of sp³-hybridized carbons (Fsp3) is 0.667. The zero-order valence-corrected chi connectivity index (χ0v) is 17.6. The van der Waals surface area contributed by atoms with E-state index in [1.165, 1.54) is 42.5 Å². The number of rotatable bonds is 9. The van der Waals surface area contributed by atoms with Gasteiger partial charge in [0, 0.05) is 25.3 Å². The van der Waals surface area contributed by atoms with E-state index in [9.17, 15) is 19.3 Å². The van der Waals surface area contributed by atoms with Gasteiger partial charge in [-0.1, -0.05) is 11.8 Å². The standard InChI is InChI=1S/C15H25N4O7PS/c1-10(20)28-7-6-24-27(23,18(2)3)25-9-12-11(21)8-14(26-12)19-5-4-13(16)17-15(19)22/h4-5,11-12,14,21H,6-9H2,1-3H3,(H2,16,17,22)/t11?,12-,14-,27?/m1/s1. The summed E-state index contributed by atoms with van der Waals surface area (Å²) in [5, 5.41) is 10.2. The first-order valence-corrected chi connectivity index (χ1v) is 11.0. The summed E-state index contributed by atoms with van der Waals surface area (Å²) in [6, 6.07) is 1.45. The van der Waals surface area contributed by atoms with Gasteiger partial charge in [0.2, 0.25) is 0 Å². The number of aromatic nitrogens is 2. The topological polar surface area (TPSA) is 146 Å². The number of carbonyl (C=O) groups excluding carboxylic acids is 1. The van der Waals surface area contributed by atoms with Crippen LogP contribution in [0.1, 0.15) is 19.6 Å². The molecule has 11 nitrogen and oxygen atoms in total. The number of anilines is 1. The van der Waals surface area contributed by atoms with E-state index in [2.05, 4.69) is 4.98 Å². The van der Waals surface area contributed by atoms with Crippen LogP contribution in [0.5, 0.6) is 0 Å². The van der Waals surface area contributed by atoms with Crippen LogP contribution in [-0.4, -0.2) is 69.7 Å². The second-order valence-corrected chi connectivity index (χ2v) is 9.78. The lowest BCUT2D eigenvalue weighted by Gasteiger charge is -2.25. The maximum absolute atomic E-state index is 12.8. The van der Waals surface area contributed by atoms with Crippen LogP contribution in [0.3, 0.4) is 0 Å². The molecule has 13 heteroatoms. The molecule has 2 unspecified atom stereocenters. The molecule has 1 aromatic heterocycles. The third-order valence-electron chi connectivity index (χ3n) is 3.90. The van der Waals surface area contributed by atoms with Crippen molar-refractivity contribution in [3.05, 3.63) is 22.7 Å². The van der Waals surface area contributed by atoms with E-state index in [1.54, 1.807) is 0 Å². The van der Waals surface area contributed by atoms with E-state index in [0.717, 1.165) is 11.8 Å². The third-order valence-corrected chi connectivity index (χ3v) is 6.64. The van der Waals surface area contributed by atoms with E-state index in [4.69, 9.17) is 19.5 Å². The predicted molar refractivity (Wildman–Crippen MR) is 104 cm³/mol. The fourth-order valence-corrected chi connectivity index (χ4v) is 4.23. The molecule has 0 spiro atoms. The van der Waals surface area contributed by atoms with Crippen molar-refractivity contribution in [3.63, 3.8) is 0 Å². The zero-order chi connectivity index (χ0) is 20.9. The van der Waals surface area contributed by atoms with Crippen molar-refractivity contribution >= 4 is 30.4 Å². The second kappa shape index (κ2) is 9.97. The number of aliphatic hydroxyl groups excluding tert-OH is 1. The molecule has 4 atom stereocenters. The van der Waals surface area contributed by atoms with Gasteiger partial charge < -0.3 is 15.6 Å². The number of hydrogen-bond acceptors (Lipinski definition) is 10. The lowest BCUT2D eigenvalue weighted by molar-refractivity contribution is -0.109. The minimum atomic E-state index is -3.62. The Hall–Kier alpha value is -1.27. The van der Waals surface area contributed by atoms with Gasteiger partial charge in [0.25, 0.3) is 0 Å². The van der Waals surface area contributed by atoms with Crippen molar-refractivity contribution in [2.45, 2.75) is 31.8 Å². The molecule has 0 saturated carbocycles. The van der Waals surface area contributed by atoms with Gasteiger partial charge in [-0.2, -0.15) is 4.98 Å². The van der Waals surface area contributed by atoms with Gasteiger partial charge in [0.1, 0.15) is 18.1 Å². The Morgan fingerprint density at radius 2 is 2.25 bits per heavy atom. The summed E-state index contributed by atoms with van der Waals surface area (Å²) in [5.41, 5.74) is 4.87. The lowest BCUT2D eigenvalue weighted by atomic mass is 10.2. The van der Waals surface area contributed by atoms with E-state index < -0.39 is 31.9 Å². The van der Waals surface area contributed by atoms with Gasteiger partial charge in [-0.3, -0.25) is 18.4 Å². The number of carbonyl (C=O) groups is 1. The van der Waals surface area contributed by atoms with Crippen molar-refractivity contribution in [3.8, 4) is 0 Å². The number of aliphatic hydroxyl groups is 1. The molecule has 0 bridgehead atoms. The number of nitrogen functional groups attached to an aromatic ring is 1. The first-order valence-electron chi connectivity index (χ1n) is 8.51. The average Bonchev–Trinajstić information content (AvgIpc) is 2.97. The summed E-state index contributed by atoms with van der Waals surface area (Å²) in [6.07, 6.45) is -0.902. The Labute approximate surface area is 166 Å². The number of ether oxygens (including phenoxy) is 1. The summed E-state index contributed by atoms with van der Waals surface area (Å²) in [7, 11) is -0.548. The van der Waals surface area contributed by atoms with E-state index in [-0.39, 0.29) is 30.6 Å². The Morgan fingerprint density at radius 1 is 1.54 bits per heavy atom. The minimum absolute atomic E-state index is 0.0584. The highest BCUT2D eigenvalue weighted by atomic mass is 32.2. The van der Waals surface area contributed by atoms with Crippen LogP contribution in [0.15, 0.2) is 17.1 Å². The van der Waals surface area contributed by atoms with E-state index in [1.807, 2.05) is 0 Å². The molecule has 1 saturated heterocycles. The molecular formula is C15H25N4O7PS. The minimum Gasteiger partial charge on any atom is -0.390 e. The van der Waals surface area contributed by atoms with Crippen LogP contribution < -0.4 is 11.4 Å². The molecule has 2 heterocycles. The molecule has 0 aromatic carbocycles. The molecule has 2 rings (SSSR count). The molecule has 1 aliphatic rings. The van der Waals surface area contributed by atoms with Gasteiger partial charge in [0.15, 0.2) is 5.12 Å². The van der Waals surface area contributed by atoms with Gasteiger partial charge in [-0.15, -0.1) is 0 Å². The Kier molecular flexibility index (Phi) is 8.19. The molecule has 1 fully saturated rings. The van der Waals surface area contributed by atoms with Crippen molar-refractivity contribution in [1.29, 1.82) is 0 Å². The van der Waals surface area contributed by atoms with Crippen LogP contribution >= 0.6 is 19.5 Å². The average molecular weight is 436 g/mol. The number of hydrogen-bond donors (Lipinski definition) is 2. The largest absolute Gasteiger partial charge is 0.407 e. The molecule has 1 aliphatic heterocycles. The number of nitrogens with zero attached hydrogens (tertiary/aromatic N) is 3. The molecule has 0 amide bonds. The van der Waals surface area contributed by atoms with Gasteiger partial charge in [-0.25, -0.2) is 14.0 Å². The molecule has 1 aromatic rings. The zero-order valence-electron chi connectivity index (χ0n) is 15.9. The number of nitrogens with two attached hydrogens (primary N) is 1. The van der Waals surface area contributed by atoms with Gasteiger partial charge in [-0.05, 0) is 20.2 Å². The summed E-state index contributed by atoms with van der Waals surface area (Å²) < 4.78 is 31.8. The van der Waals surface area contributed by atoms with Crippen LogP contribution in [0.4, 0.5) is 5.82 Å². The smallest absolute Gasteiger partial charge is 0.390 e. The van der Waals surface area contributed by atoms with Crippen LogP contribution in [0, 0.1) is 0 Å². The van der Waals surface area contributed by atoms with Gasteiger partial charge in [0.05, 0.1) is 19.3 Å². The second-order valence-electron chi connectivity index (χ2n) is 6.26. The van der Waals surface area contributed by atoms with Crippen LogP contribution in [0.2, 0.25) is 0 Å². The highest BCUT2D eigenvalue weighted by Gasteiger charge is 2.38. The monoisotopic (exact) mass is 436 g/mol. The Bertz CT molecular complexity index is 790. The van der Waals surface area contributed by atoms with Crippen molar-refractivity contribution < 1.29 is 28.3 Å². The Balaban J connectivity index is 1.95.